The number of halogens is 1. The first kappa shape index (κ1) is 20.4. The number of hydrazone groups is 1. The highest BCUT2D eigenvalue weighted by Crippen LogP contribution is 2.21. The van der Waals surface area contributed by atoms with Crippen LogP contribution in [0.2, 0.25) is 0 Å². The van der Waals surface area contributed by atoms with Gasteiger partial charge >= 0.3 is 0 Å². The van der Waals surface area contributed by atoms with E-state index in [9.17, 15) is 9.59 Å². The van der Waals surface area contributed by atoms with Gasteiger partial charge in [0.25, 0.3) is 11.8 Å². The van der Waals surface area contributed by atoms with Gasteiger partial charge in [-0.3, -0.25) is 9.59 Å². The Morgan fingerprint density at radius 3 is 2.59 bits per heavy atom. The average molecular weight is 434 g/mol. The average Bonchev–Trinajstić information content (AvgIpc) is 2.68. The molecular weight excluding hydrogens is 414 g/mol. The number of ether oxygens (including phenoxy) is 2. The monoisotopic (exact) mass is 433 g/mol. The van der Waals surface area contributed by atoms with E-state index in [4.69, 9.17) is 9.47 Å². The number of carbonyl (C=O) groups is 2. The van der Waals surface area contributed by atoms with Crippen LogP contribution in [0.25, 0.3) is 0 Å². The van der Waals surface area contributed by atoms with E-state index in [2.05, 4.69) is 31.8 Å². The van der Waals surface area contributed by atoms with Crippen molar-refractivity contribution in [2.24, 2.45) is 5.10 Å². The minimum absolute atomic E-state index is 0.195. The van der Waals surface area contributed by atoms with Crippen LogP contribution in [0.3, 0.4) is 0 Å². The Morgan fingerprint density at radius 2 is 1.93 bits per heavy atom. The summed E-state index contributed by atoms with van der Waals surface area (Å²) in [5.74, 6) is 0.507. The maximum Gasteiger partial charge on any atom is 0.259 e. The van der Waals surface area contributed by atoms with Crippen molar-refractivity contribution in [3.63, 3.8) is 0 Å². The number of nitrogens with zero attached hydrogens (tertiary/aromatic N) is 1. The number of benzene rings is 2. The molecule has 8 heteroatoms. The highest BCUT2D eigenvalue weighted by Gasteiger charge is 2.08. The van der Waals surface area contributed by atoms with Gasteiger partial charge in [-0.05, 0) is 49.4 Å². The van der Waals surface area contributed by atoms with E-state index in [0.717, 1.165) is 4.47 Å². The Kier molecular flexibility index (Phi) is 7.81. The summed E-state index contributed by atoms with van der Waals surface area (Å²) in [6.45, 7) is 2.21. The van der Waals surface area contributed by atoms with Crippen LogP contribution in [0.5, 0.6) is 11.5 Å². The quantitative estimate of drug-likeness (QED) is 0.494. The summed E-state index contributed by atoms with van der Waals surface area (Å²) in [4.78, 5) is 23.9. The minimum atomic E-state index is -0.443. The van der Waals surface area contributed by atoms with Crippen molar-refractivity contribution >= 4 is 34.0 Å². The van der Waals surface area contributed by atoms with E-state index in [1.165, 1.54) is 6.21 Å². The highest BCUT2D eigenvalue weighted by molar-refractivity contribution is 9.10. The first-order valence-electron chi connectivity index (χ1n) is 8.20. The van der Waals surface area contributed by atoms with Gasteiger partial charge in [0.1, 0.15) is 11.5 Å². The number of nitrogens with one attached hydrogen (secondary N) is 2. The predicted octanol–water partition coefficient (Wildman–Crippen LogP) is 2.74. The van der Waals surface area contributed by atoms with E-state index < -0.39 is 5.91 Å². The Bertz CT molecular complexity index is 822. The molecule has 0 saturated heterocycles. The number of rotatable bonds is 8. The zero-order valence-electron chi connectivity index (χ0n) is 15.0. The molecule has 2 N–H and O–H groups in total. The maximum atomic E-state index is 12.0. The van der Waals surface area contributed by atoms with Crippen molar-refractivity contribution in [1.29, 1.82) is 0 Å². The van der Waals surface area contributed by atoms with Gasteiger partial charge < -0.3 is 14.8 Å². The second kappa shape index (κ2) is 10.3. The van der Waals surface area contributed by atoms with Crippen molar-refractivity contribution < 1.29 is 19.1 Å². The number of methoxy groups -OCH3 is 1. The molecule has 2 amide bonds. The summed E-state index contributed by atoms with van der Waals surface area (Å²) in [6, 6.07) is 12.1. The van der Waals surface area contributed by atoms with Crippen LogP contribution in [0.4, 0.5) is 0 Å². The molecule has 0 fully saturated rings. The standard InChI is InChI=1S/C19H20BrN3O4/c1-3-27-17-9-6-15(20)10-14(17)11-22-23-18(24)12-21-19(25)13-4-7-16(26-2)8-5-13/h4-11H,3,12H2,1-2H3,(H,21,25)(H,23,24). The maximum absolute atomic E-state index is 12.0. The first-order chi connectivity index (χ1) is 13.0. The number of carbonyl (C=O) groups excluding carboxylic acids is 2. The van der Waals surface area contributed by atoms with Gasteiger partial charge in [0.2, 0.25) is 0 Å². The SMILES string of the molecule is CCOc1ccc(Br)cc1C=NNC(=O)CNC(=O)c1ccc(OC)cc1. The van der Waals surface area contributed by atoms with Crippen LogP contribution in [0.1, 0.15) is 22.8 Å². The fourth-order valence-electron chi connectivity index (χ4n) is 2.13. The molecule has 0 aromatic heterocycles. The summed E-state index contributed by atoms with van der Waals surface area (Å²) in [5, 5.41) is 6.43. The molecule has 0 saturated carbocycles. The molecule has 0 aliphatic rings. The van der Waals surface area contributed by atoms with Crippen molar-refractivity contribution in [3.05, 3.63) is 58.1 Å². The highest BCUT2D eigenvalue weighted by atomic mass is 79.9. The van der Waals surface area contributed by atoms with Crippen LogP contribution in [0, 0.1) is 0 Å². The molecule has 0 spiro atoms. The van der Waals surface area contributed by atoms with Crippen molar-refractivity contribution in [3.8, 4) is 11.5 Å². The number of amides is 2. The second-order valence-corrected chi connectivity index (χ2v) is 6.24. The molecule has 0 unspecified atom stereocenters. The number of hydrogen-bond donors (Lipinski definition) is 2. The van der Waals surface area contributed by atoms with E-state index >= 15 is 0 Å². The molecule has 2 aromatic carbocycles. The largest absolute Gasteiger partial charge is 0.497 e. The zero-order valence-corrected chi connectivity index (χ0v) is 16.6. The topological polar surface area (TPSA) is 89.0 Å². The lowest BCUT2D eigenvalue weighted by molar-refractivity contribution is -0.120. The van der Waals surface area contributed by atoms with Gasteiger partial charge in [0, 0.05) is 15.6 Å². The smallest absolute Gasteiger partial charge is 0.259 e. The summed E-state index contributed by atoms with van der Waals surface area (Å²) >= 11 is 3.38. The summed E-state index contributed by atoms with van der Waals surface area (Å²) < 4.78 is 11.4. The minimum Gasteiger partial charge on any atom is -0.497 e. The van der Waals surface area contributed by atoms with Crippen LogP contribution in [0.15, 0.2) is 52.0 Å². The van der Waals surface area contributed by atoms with E-state index in [0.29, 0.717) is 29.2 Å². The summed E-state index contributed by atoms with van der Waals surface area (Å²) in [6.07, 6.45) is 1.49. The lowest BCUT2D eigenvalue weighted by atomic mass is 10.2. The molecule has 0 aliphatic carbocycles. The van der Waals surface area contributed by atoms with Crippen molar-refractivity contribution in [1.82, 2.24) is 10.7 Å². The van der Waals surface area contributed by atoms with Crippen molar-refractivity contribution in [2.75, 3.05) is 20.3 Å². The van der Waals surface area contributed by atoms with Gasteiger partial charge in [0.15, 0.2) is 0 Å². The normalized spacial score (nSPS) is 10.5. The van der Waals surface area contributed by atoms with Crippen molar-refractivity contribution in [2.45, 2.75) is 6.92 Å². The van der Waals surface area contributed by atoms with Gasteiger partial charge in [-0.25, -0.2) is 5.43 Å². The lowest BCUT2D eigenvalue weighted by Gasteiger charge is -2.07. The fourth-order valence-corrected chi connectivity index (χ4v) is 2.50. The summed E-state index contributed by atoms with van der Waals surface area (Å²) in [5.41, 5.74) is 3.52. The third kappa shape index (κ3) is 6.41. The van der Waals surface area contributed by atoms with Gasteiger partial charge in [-0.15, -0.1) is 0 Å². The molecular formula is C19H20BrN3O4. The third-order valence-electron chi connectivity index (χ3n) is 3.43. The molecule has 0 heterocycles. The molecule has 27 heavy (non-hydrogen) atoms. The second-order valence-electron chi connectivity index (χ2n) is 5.32. The Balaban J connectivity index is 1.86. The predicted molar refractivity (Wildman–Crippen MR) is 106 cm³/mol. The van der Waals surface area contributed by atoms with Gasteiger partial charge in [-0.2, -0.15) is 5.10 Å². The Labute approximate surface area is 165 Å². The molecule has 0 aliphatic heterocycles. The molecule has 2 rings (SSSR count). The van der Waals surface area contributed by atoms with Gasteiger partial charge in [0.05, 0.1) is 26.5 Å². The van der Waals surface area contributed by atoms with Crippen LogP contribution < -0.4 is 20.2 Å². The third-order valence-corrected chi connectivity index (χ3v) is 3.92. The van der Waals surface area contributed by atoms with Crippen LogP contribution in [-0.4, -0.2) is 38.3 Å². The fraction of sp³-hybridized carbons (Fsp3) is 0.211. The van der Waals surface area contributed by atoms with E-state index in [-0.39, 0.29) is 12.5 Å². The van der Waals surface area contributed by atoms with E-state index in [1.807, 2.05) is 25.1 Å². The molecule has 0 radical (unpaired) electrons. The summed E-state index contributed by atoms with van der Waals surface area (Å²) in [7, 11) is 1.55. The van der Waals surface area contributed by atoms with Crippen LogP contribution >= 0.6 is 15.9 Å². The molecule has 0 bridgehead atoms. The van der Waals surface area contributed by atoms with Crippen LogP contribution in [-0.2, 0) is 4.79 Å². The van der Waals surface area contributed by atoms with Gasteiger partial charge in [-0.1, -0.05) is 15.9 Å². The van der Waals surface area contributed by atoms with E-state index in [1.54, 1.807) is 31.4 Å². The number of hydrogen-bond acceptors (Lipinski definition) is 5. The molecule has 0 atom stereocenters. The molecule has 142 valence electrons. The Hall–Kier alpha value is -2.87. The molecule has 7 nitrogen and oxygen atoms in total. The lowest BCUT2D eigenvalue weighted by Crippen LogP contribution is -2.34. The Morgan fingerprint density at radius 1 is 1.19 bits per heavy atom. The molecule has 2 aromatic rings. The zero-order chi connectivity index (χ0) is 19.6. The first-order valence-corrected chi connectivity index (χ1v) is 8.99.